The van der Waals surface area contributed by atoms with E-state index in [2.05, 4.69) is 4.52 Å². The van der Waals surface area contributed by atoms with E-state index >= 15 is 0 Å². The third-order valence-electron chi connectivity index (χ3n) is 1.93. The minimum atomic E-state index is -3.74. The Kier molecular flexibility index (Phi) is 6.98. The van der Waals surface area contributed by atoms with Crippen LogP contribution in [-0.2, 0) is 24.7 Å². The zero-order chi connectivity index (χ0) is 14.5. The SMILES string of the molecule is COP(=O)(O/C=C\Cl)OCc1cc(Cl)c(Cl)cc1Cl. The molecule has 0 aromatic heterocycles. The Morgan fingerprint density at radius 2 is 1.84 bits per heavy atom. The fraction of sp³-hybridized carbons (Fsp3) is 0.200. The summed E-state index contributed by atoms with van der Waals surface area (Å²) in [5.74, 6) is 0. The van der Waals surface area contributed by atoms with Crippen molar-refractivity contribution in [3.8, 4) is 0 Å². The lowest BCUT2D eigenvalue weighted by molar-refractivity contribution is 0.158. The molecule has 1 aromatic carbocycles. The molecular weight excluding hydrogens is 357 g/mol. The minimum absolute atomic E-state index is 0.128. The summed E-state index contributed by atoms with van der Waals surface area (Å²) in [7, 11) is -2.56. The van der Waals surface area contributed by atoms with Gasteiger partial charge in [-0.3, -0.25) is 9.05 Å². The first kappa shape index (κ1) is 17.1. The van der Waals surface area contributed by atoms with E-state index in [0.717, 1.165) is 11.8 Å². The van der Waals surface area contributed by atoms with Gasteiger partial charge in [0.05, 0.1) is 16.7 Å². The second kappa shape index (κ2) is 7.75. The van der Waals surface area contributed by atoms with Crippen molar-refractivity contribution in [2.24, 2.45) is 0 Å². The van der Waals surface area contributed by atoms with Crippen LogP contribution in [0.1, 0.15) is 5.56 Å². The molecule has 0 fully saturated rings. The zero-order valence-electron chi connectivity index (χ0n) is 9.61. The molecule has 19 heavy (non-hydrogen) atoms. The van der Waals surface area contributed by atoms with Crippen molar-refractivity contribution in [2.75, 3.05) is 7.11 Å². The molecule has 0 bridgehead atoms. The highest BCUT2D eigenvalue weighted by Crippen LogP contribution is 2.50. The molecule has 0 heterocycles. The van der Waals surface area contributed by atoms with Gasteiger partial charge in [0.15, 0.2) is 0 Å². The summed E-state index contributed by atoms with van der Waals surface area (Å²) < 4.78 is 26.4. The number of halogens is 4. The maximum atomic E-state index is 11.9. The van der Waals surface area contributed by atoms with Crippen molar-refractivity contribution in [3.63, 3.8) is 0 Å². The number of hydrogen-bond acceptors (Lipinski definition) is 4. The van der Waals surface area contributed by atoms with Crippen molar-refractivity contribution < 1.29 is 18.1 Å². The van der Waals surface area contributed by atoms with E-state index in [1.807, 2.05) is 0 Å². The molecule has 0 N–H and O–H groups in total. The molecule has 1 unspecified atom stereocenters. The van der Waals surface area contributed by atoms with Crippen LogP contribution in [0.4, 0.5) is 0 Å². The molecule has 4 nitrogen and oxygen atoms in total. The normalized spacial score (nSPS) is 14.6. The van der Waals surface area contributed by atoms with Gasteiger partial charge in [-0.05, 0) is 17.7 Å². The maximum absolute atomic E-state index is 11.9. The summed E-state index contributed by atoms with van der Waals surface area (Å²) >= 11 is 22.8. The molecule has 0 saturated heterocycles. The van der Waals surface area contributed by atoms with Crippen LogP contribution in [0.15, 0.2) is 23.9 Å². The number of rotatable bonds is 6. The molecule has 1 rings (SSSR count). The van der Waals surface area contributed by atoms with Crippen LogP contribution < -0.4 is 0 Å². The zero-order valence-corrected chi connectivity index (χ0v) is 13.5. The lowest BCUT2D eigenvalue weighted by Crippen LogP contribution is -1.96. The predicted molar refractivity (Wildman–Crippen MR) is 77.0 cm³/mol. The first-order valence-electron chi connectivity index (χ1n) is 4.79. The van der Waals surface area contributed by atoms with E-state index in [1.54, 1.807) is 0 Å². The first-order chi connectivity index (χ1) is 8.91. The number of phosphoric ester groups is 1. The Balaban J connectivity index is 2.80. The van der Waals surface area contributed by atoms with E-state index in [0.29, 0.717) is 20.6 Å². The Morgan fingerprint density at radius 1 is 1.21 bits per heavy atom. The molecular formula is C10H9Cl4O4P. The quantitative estimate of drug-likeness (QED) is 0.371. The smallest absolute Gasteiger partial charge is 0.411 e. The highest BCUT2D eigenvalue weighted by molar-refractivity contribution is 7.48. The van der Waals surface area contributed by atoms with Crippen LogP contribution in [0, 0.1) is 0 Å². The minimum Gasteiger partial charge on any atom is -0.411 e. The molecule has 1 aromatic rings. The number of hydrogen-bond donors (Lipinski definition) is 0. The molecule has 0 radical (unpaired) electrons. The Hall–Kier alpha value is 0.0700. The van der Waals surface area contributed by atoms with Gasteiger partial charge in [0.25, 0.3) is 0 Å². The van der Waals surface area contributed by atoms with Crippen LogP contribution in [0.2, 0.25) is 15.1 Å². The number of phosphoric acid groups is 1. The summed E-state index contributed by atoms with van der Waals surface area (Å²) in [5, 5.41) is 0.940. The van der Waals surface area contributed by atoms with Crippen molar-refractivity contribution >= 4 is 54.2 Å². The summed E-state index contributed by atoms with van der Waals surface area (Å²) in [6, 6.07) is 2.96. The highest BCUT2D eigenvalue weighted by atomic mass is 35.5. The predicted octanol–water partition coefficient (Wildman–Crippen LogP) is 5.64. The van der Waals surface area contributed by atoms with Gasteiger partial charge in [-0.2, -0.15) is 0 Å². The molecule has 1 atom stereocenters. The van der Waals surface area contributed by atoms with E-state index in [4.69, 9.17) is 55.5 Å². The van der Waals surface area contributed by atoms with Gasteiger partial charge in [-0.1, -0.05) is 46.4 Å². The van der Waals surface area contributed by atoms with E-state index in [1.165, 1.54) is 19.2 Å². The van der Waals surface area contributed by atoms with Crippen LogP contribution in [-0.4, -0.2) is 7.11 Å². The third-order valence-corrected chi connectivity index (χ3v) is 4.38. The monoisotopic (exact) mass is 364 g/mol. The van der Waals surface area contributed by atoms with E-state index in [9.17, 15) is 4.57 Å². The summed E-state index contributed by atoms with van der Waals surface area (Å²) in [4.78, 5) is 0. The fourth-order valence-electron chi connectivity index (χ4n) is 1.05. The lowest BCUT2D eigenvalue weighted by Gasteiger charge is -2.14. The Bertz CT molecular complexity index is 520. The highest BCUT2D eigenvalue weighted by Gasteiger charge is 2.25. The summed E-state index contributed by atoms with van der Waals surface area (Å²) in [6.07, 6.45) is 0.988. The van der Waals surface area contributed by atoms with E-state index in [-0.39, 0.29) is 6.61 Å². The van der Waals surface area contributed by atoms with Gasteiger partial charge in [-0.15, -0.1) is 0 Å². The molecule has 0 spiro atoms. The molecule has 0 aliphatic carbocycles. The van der Waals surface area contributed by atoms with Crippen LogP contribution in [0.5, 0.6) is 0 Å². The lowest BCUT2D eigenvalue weighted by atomic mass is 10.2. The standard InChI is InChI=1S/C10H9Cl4O4P/c1-16-19(15,17-3-2-11)18-6-7-4-9(13)10(14)5-8(7)12/h2-5H,6H2,1H3/b3-2-. The molecule has 0 amide bonds. The van der Waals surface area contributed by atoms with Crippen LogP contribution in [0.25, 0.3) is 0 Å². The number of benzene rings is 1. The van der Waals surface area contributed by atoms with Gasteiger partial charge < -0.3 is 4.52 Å². The Morgan fingerprint density at radius 3 is 2.42 bits per heavy atom. The second-order valence-corrected chi connectivity index (χ2v) is 6.33. The van der Waals surface area contributed by atoms with Crippen molar-refractivity contribution in [1.82, 2.24) is 0 Å². The van der Waals surface area contributed by atoms with Crippen LogP contribution >= 0.6 is 54.2 Å². The molecule has 0 saturated carbocycles. The van der Waals surface area contributed by atoms with Gasteiger partial charge in [0.1, 0.15) is 6.26 Å². The van der Waals surface area contributed by atoms with Crippen LogP contribution in [0.3, 0.4) is 0 Å². The van der Waals surface area contributed by atoms with Gasteiger partial charge in [0, 0.05) is 17.7 Å². The average Bonchev–Trinajstić information content (AvgIpc) is 2.39. The van der Waals surface area contributed by atoms with Gasteiger partial charge >= 0.3 is 7.82 Å². The summed E-state index contributed by atoms with van der Waals surface area (Å²) in [5.41, 5.74) is 1.52. The molecule has 0 aliphatic heterocycles. The second-order valence-electron chi connectivity index (χ2n) is 3.13. The average molecular weight is 366 g/mol. The van der Waals surface area contributed by atoms with Gasteiger partial charge in [0.2, 0.25) is 0 Å². The van der Waals surface area contributed by atoms with E-state index < -0.39 is 7.82 Å². The first-order valence-corrected chi connectivity index (χ1v) is 7.82. The van der Waals surface area contributed by atoms with Crippen molar-refractivity contribution in [3.05, 3.63) is 44.6 Å². The topological polar surface area (TPSA) is 44.8 Å². The summed E-state index contributed by atoms with van der Waals surface area (Å²) in [6.45, 7) is -0.128. The van der Waals surface area contributed by atoms with Gasteiger partial charge in [-0.25, -0.2) is 4.57 Å². The Labute approximate surface area is 130 Å². The third kappa shape index (κ3) is 5.16. The van der Waals surface area contributed by atoms with Crippen molar-refractivity contribution in [1.29, 1.82) is 0 Å². The largest absolute Gasteiger partial charge is 0.529 e. The molecule has 9 heteroatoms. The fourth-order valence-corrected chi connectivity index (χ4v) is 2.55. The van der Waals surface area contributed by atoms with Crippen molar-refractivity contribution in [2.45, 2.75) is 6.61 Å². The molecule has 0 aliphatic rings. The molecule has 106 valence electrons. The maximum Gasteiger partial charge on any atom is 0.529 e.